The molecule has 64 valence electrons. The number of anilines is 2. The number of nitrogens with two attached hydrogens (primary N) is 3. The zero-order valence-corrected chi connectivity index (χ0v) is 7.48. The summed E-state index contributed by atoms with van der Waals surface area (Å²) in [6, 6.07) is 2.00. The molecule has 2 heterocycles. The van der Waals surface area contributed by atoms with Gasteiger partial charge in [-0.2, -0.15) is 0 Å². The number of nitrogens with zero attached hydrogens (tertiary/aromatic N) is 1. The van der Waals surface area contributed by atoms with Crippen LogP contribution in [0, 0.1) is 6.92 Å². The maximum absolute atomic E-state index is 5.73. The minimum absolute atomic E-state index is 0.441. The minimum Gasteiger partial charge on any atom is -0.395 e. The predicted molar refractivity (Wildman–Crippen MR) is 53.5 cm³/mol. The quantitative estimate of drug-likeness (QED) is 0.529. The number of hydrogen-bond donors (Lipinski definition) is 3. The van der Waals surface area contributed by atoms with Gasteiger partial charge >= 0.3 is 0 Å². The molecular weight excluding hydrogens is 172 g/mol. The third-order valence-corrected chi connectivity index (χ3v) is 2.93. The Hall–Kier alpha value is -1.36. The molecule has 2 aromatic heterocycles. The lowest BCUT2D eigenvalue weighted by Crippen LogP contribution is -2.11. The van der Waals surface area contributed by atoms with Gasteiger partial charge in [0.05, 0.1) is 5.69 Å². The van der Waals surface area contributed by atoms with Crippen molar-refractivity contribution in [1.29, 1.82) is 0 Å². The summed E-state index contributed by atoms with van der Waals surface area (Å²) >= 11 is 1.59. The van der Waals surface area contributed by atoms with E-state index in [4.69, 9.17) is 17.3 Å². The maximum atomic E-state index is 5.73. The molecule has 0 aliphatic rings. The van der Waals surface area contributed by atoms with Gasteiger partial charge in [-0.3, -0.25) is 0 Å². The smallest absolute Gasteiger partial charge is 0.147 e. The van der Waals surface area contributed by atoms with E-state index in [0.29, 0.717) is 11.5 Å². The molecular formula is C7H10N4S. The lowest BCUT2D eigenvalue weighted by molar-refractivity contribution is 1.09. The normalized spacial score (nSPS) is 11.1. The van der Waals surface area contributed by atoms with Gasteiger partial charge in [0.25, 0.3) is 0 Å². The Kier molecular flexibility index (Phi) is 1.26. The monoisotopic (exact) mass is 182 g/mol. The summed E-state index contributed by atoms with van der Waals surface area (Å²) in [5.41, 5.74) is 11.9. The van der Waals surface area contributed by atoms with Crippen molar-refractivity contribution in [3.63, 3.8) is 0 Å². The summed E-state index contributed by atoms with van der Waals surface area (Å²) < 4.78 is 1.43. The molecule has 0 bridgehead atoms. The fourth-order valence-electron chi connectivity index (χ4n) is 1.25. The third-order valence-electron chi connectivity index (χ3n) is 1.88. The second kappa shape index (κ2) is 2.07. The van der Waals surface area contributed by atoms with Crippen LogP contribution in [0.3, 0.4) is 0 Å². The first-order valence-corrected chi connectivity index (χ1v) is 4.33. The summed E-state index contributed by atoms with van der Waals surface area (Å²) in [5.74, 6) is 6.12. The number of thiophene rings is 1. The largest absolute Gasteiger partial charge is 0.395 e. The van der Waals surface area contributed by atoms with E-state index < -0.39 is 0 Å². The highest BCUT2D eigenvalue weighted by atomic mass is 32.1. The van der Waals surface area contributed by atoms with Crippen LogP contribution in [0.15, 0.2) is 6.07 Å². The highest BCUT2D eigenvalue weighted by molar-refractivity contribution is 7.18. The van der Waals surface area contributed by atoms with E-state index in [-0.39, 0.29) is 0 Å². The van der Waals surface area contributed by atoms with Gasteiger partial charge in [-0.1, -0.05) is 0 Å². The van der Waals surface area contributed by atoms with Crippen LogP contribution in [0.25, 0.3) is 10.2 Å². The molecule has 12 heavy (non-hydrogen) atoms. The second-order valence-corrected chi connectivity index (χ2v) is 3.98. The van der Waals surface area contributed by atoms with Crippen LogP contribution >= 0.6 is 11.3 Å². The van der Waals surface area contributed by atoms with Crippen LogP contribution in [0.1, 0.15) is 4.88 Å². The van der Waals surface area contributed by atoms with Gasteiger partial charge < -0.3 is 17.3 Å². The average molecular weight is 182 g/mol. The molecule has 0 fully saturated rings. The van der Waals surface area contributed by atoms with Gasteiger partial charge in [0, 0.05) is 10.3 Å². The first-order valence-electron chi connectivity index (χ1n) is 3.52. The average Bonchev–Trinajstić information content (AvgIpc) is 2.49. The highest BCUT2D eigenvalue weighted by Crippen LogP contribution is 2.34. The maximum Gasteiger partial charge on any atom is 0.147 e. The van der Waals surface area contributed by atoms with Crippen molar-refractivity contribution in [3.05, 3.63) is 10.9 Å². The Balaban J connectivity index is 2.95. The Morgan fingerprint density at radius 2 is 2.08 bits per heavy atom. The fourth-order valence-corrected chi connectivity index (χ4v) is 2.21. The van der Waals surface area contributed by atoms with E-state index in [1.165, 1.54) is 9.55 Å². The molecule has 5 heteroatoms. The lowest BCUT2D eigenvalue weighted by atomic mass is 10.3. The molecule has 0 aromatic carbocycles. The van der Waals surface area contributed by atoms with Crippen LogP contribution in [-0.2, 0) is 0 Å². The minimum atomic E-state index is 0.441. The van der Waals surface area contributed by atoms with E-state index in [1.54, 1.807) is 11.3 Å². The third kappa shape index (κ3) is 0.711. The van der Waals surface area contributed by atoms with Gasteiger partial charge in [-0.05, 0) is 13.0 Å². The summed E-state index contributed by atoms with van der Waals surface area (Å²) in [4.78, 5) is 2.12. The molecule has 2 aromatic rings. The molecule has 0 aliphatic carbocycles. The van der Waals surface area contributed by atoms with Crippen LogP contribution in [-0.4, -0.2) is 4.68 Å². The van der Waals surface area contributed by atoms with Crippen molar-refractivity contribution < 1.29 is 0 Å². The molecule has 0 aliphatic heterocycles. The van der Waals surface area contributed by atoms with Crippen molar-refractivity contribution in [1.82, 2.24) is 4.68 Å². The second-order valence-electron chi connectivity index (χ2n) is 2.74. The van der Waals surface area contributed by atoms with Crippen LogP contribution in [0.2, 0.25) is 0 Å². The molecule has 2 rings (SSSR count). The van der Waals surface area contributed by atoms with Gasteiger partial charge in [-0.25, -0.2) is 4.68 Å². The van der Waals surface area contributed by atoms with E-state index in [1.807, 2.05) is 13.0 Å². The molecule has 0 spiro atoms. The zero-order valence-electron chi connectivity index (χ0n) is 6.66. The molecule has 0 radical (unpaired) electrons. The number of hydrogen-bond acceptors (Lipinski definition) is 4. The molecule has 6 N–H and O–H groups in total. The Morgan fingerprint density at radius 3 is 2.67 bits per heavy atom. The Morgan fingerprint density at radius 1 is 1.42 bits per heavy atom. The number of fused-ring (bicyclic) bond motifs is 1. The Labute approximate surface area is 73.5 Å². The summed E-state index contributed by atoms with van der Waals surface area (Å²) in [6.45, 7) is 2.01. The first kappa shape index (κ1) is 7.30. The van der Waals surface area contributed by atoms with E-state index in [2.05, 4.69) is 0 Å². The fraction of sp³-hybridized carbons (Fsp3) is 0.143. The SMILES string of the molecule is Cc1cc2c(N)c(N)n(N)c2s1. The number of aryl methyl sites for hydroxylation is 1. The van der Waals surface area contributed by atoms with Gasteiger partial charge in [-0.15, -0.1) is 11.3 Å². The van der Waals surface area contributed by atoms with Crippen molar-refractivity contribution in [2.75, 3.05) is 17.3 Å². The summed E-state index contributed by atoms with van der Waals surface area (Å²) in [7, 11) is 0. The molecule has 0 saturated heterocycles. The standard InChI is InChI=1S/C7H10N4S/c1-3-2-4-5(8)6(9)11(10)7(4)12-3/h2H,8-10H2,1H3. The van der Waals surface area contributed by atoms with E-state index in [9.17, 15) is 0 Å². The predicted octanol–water partition coefficient (Wildman–Crippen LogP) is 0.889. The van der Waals surface area contributed by atoms with Crippen molar-refractivity contribution in [2.45, 2.75) is 6.92 Å². The van der Waals surface area contributed by atoms with E-state index >= 15 is 0 Å². The molecule has 0 amide bonds. The summed E-state index contributed by atoms with van der Waals surface area (Å²) in [5, 5.41) is 0.956. The van der Waals surface area contributed by atoms with Crippen LogP contribution < -0.4 is 17.3 Å². The van der Waals surface area contributed by atoms with Crippen LogP contribution in [0.5, 0.6) is 0 Å². The molecule has 0 atom stereocenters. The van der Waals surface area contributed by atoms with Crippen molar-refractivity contribution in [2.24, 2.45) is 0 Å². The van der Waals surface area contributed by atoms with Gasteiger partial charge in [0.15, 0.2) is 0 Å². The lowest BCUT2D eigenvalue weighted by Gasteiger charge is -1.96. The number of nitrogen functional groups attached to an aromatic ring is 3. The molecule has 4 nitrogen and oxygen atoms in total. The summed E-state index contributed by atoms with van der Waals surface area (Å²) in [6.07, 6.45) is 0. The number of rotatable bonds is 0. The topological polar surface area (TPSA) is 83.0 Å². The van der Waals surface area contributed by atoms with Crippen molar-refractivity contribution >= 4 is 33.1 Å². The van der Waals surface area contributed by atoms with Gasteiger partial charge in [0.2, 0.25) is 0 Å². The van der Waals surface area contributed by atoms with E-state index in [0.717, 1.165) is 10.2 Å². The van der Waals surface area contributed by atoms with Gasteiger partial charge in [0.1, 0.15) is 10.6 Å². The highest BCUT2D eigenvalue weighted by Gasteiger charge is 2.12. The first-order chi connectivity index (χ1) is 5.61. The molecule has 0 saturated carbocycles. The molecule has 0 unspecified atom stereocenters. The number of aromatic nitrogens is 1. The zero-order chi connectivity index (χ0) is 8.88. The van der Waals surface area contributed by atoms with Crippen molar-refractivity contribution in [3.8, 4) is 0 Å². The Bertz CT molecular complexity index is 402. The van der Waals surface area contributed by atoms with Crippen LogP contribution in [0.4, 0.5) is 11.5 Å².